The molecule has 0 N–H and O–H groups in total. The van der Waals surface area contributed by atoms with Crippen molar-refractivity contribution in [2.45, 2.75) is 32.5 Å². The van der Waals surface area contributed by atoms with Crippen LogP contribution in [0.2, 0.25) is 0 Å². The second-order valence-corrected chi connectivity index (χ2v) is 7.81. The molecule has 1 saturated heterocycles. The summed E-state index contributed by atoms with van der Waals surface area (Å²) in [5.41, 5.74) is 4.31. The number of carbonyl (C=O) groups excluding carboxylic acids is 1. The van der Waals surface area contributed by atoms with E-state index in [1.807, 2.05) is 53.4 Å². The molecule has 0 spiro atoms. The van der Waals surface area contributed by atoms with Crippen LogP contribution in [0.15, 0.2) is 84.9 Å². The molecular weight excluding hydrogens is 356 g/mol. The van der Waals surface area contributed by atoms with Crippen molar-refractivity contribution in [3.05, 3.63) is 107 Å². The van der Waals surface area contributed by atoms with Crippen LogP contribution in [0, 0.1) is 0 Å². The summed E-state index contributed by atoms with van der Waals surface area (Å²) in [5.74, 6) is 0.0745. The fourth-order valence-corrected chi connectivity index (χ4v) is 3.94. The second-order valence-electron chi connectivity index (χ2n) is 7.81. The predicted octanol–water partition coefficient (Wildman–Crippen LogP) is 5.13. The number of carbonyl (C=O) groups is 1. The largest absolute Gasteiger partial charge is 0.330 e. The third-order valence-corrected chi connectivity index (χ3v) is 5.53. The van der Waals surface area contributed by atoms with Gasteiger partial charge in [-0.1, -0.05) is 72.8 Å². The minimum absolute atomic E-state index is 0.0745. The van der Waals surface area contributed by atoms with Crippen LogP contribution in [0.5, 0.6) is 0 Å². The van der Waals surface area contributed by atoms with Gasteiger partial charge in [-0.25, -0.2) is 0 Å². The number of hydrogen-bond acceptors (Lipinski definition) is 2. The van der Waals surface area contributed by atoms with Gasteiger partial charge in [0.2, 0.25) is 0 Å². The summed E-state index contributed by atoms with van der Waals surface area (Å²) in [6, 6.07) is 28.6. The minimum atomic E-state index is 0.0745. The molecule has 3 aromatic rings. The van der Waals surface area contributed by atoms with Gasteiger partial charge in [0.1, 0.15) is 0 Å². The Kier molecular flexibility index (Phi) is 6.38. The predicted molar refractivity (Wildman–Crippen MR) is 117 cm³/mol. The first kappa shape index (κ1) is 19.4. The van der Waals surface area contributed by atoms with Crippen molar-refractivity contribution in [1.29, 1.82) is 0 Å². The lowest BCUT2D eigenvalue weighted by molar-refractivity contribution is 0.0730. The van der Waals surface area contributed by atoms with Crippen LogP contribution < -0.4 is 0 Å². The lowest BCUT2D eigenvalue weighted by Gasteiger charge is -2.23. The number of benzene rings is 3. The van der Waals surface area contributed by atoms with E-state index in [1.54, 1.807) is 0 Å². The molecule has 1 aliphatic heterocycles. The highest BCUT2D eigenvalue weighted by Crippen LogP contribution is 2.17. The highest BCUT2D eigenvalue weighted by atomic mass is 16.2. The molecule has 0 radical (unpaired) electrons. The van der Waals surface area contributed by atoms with E-state index in [0.29, 0.717) is 13.1 Å². The van der Waals surface area contributed by atoms with Gasteiger partial charge in [-0.05, 0) is 54.8 Å². The van der Waals surface area contributed by atoms with Crippen molar-refractivity contribution in [3.8, 4) is 0 Å². The van der Waals surface area contributed by atoms with Crippen molar-refractivity contribution in [3.63, 3.8) is 0 Å². The molecule has 0 aromatic heterocycles. The Bertz CT molecular complexity index is 859. The van der Waals surface area contributed by atoms with E-state index in [9.17, 15) is 4.79 Å². The molecular formula is C26H28N2O. The maximum Gasteiger partial charge on any atom is 0.254 e. The molecule has 1 aliphatic rings. The molecule has 3 heteroatoms. The van der Waals surface area contributed by atoms with Crippen LogP contribution >= 0.6 is 0 Å². The van der Waals surface area contributed by atoms with Gasteiger partial charge in [0.15, 0.2) is 0 Å². The summed E-state index contributed by atoms with van der Waals surface area (Å²) in [7, 11) is 0. The lowest BCUT2D eigenvalue weighted by atomic mass is 10.1. The van der Waals surface area contributed by atoms with E-state index in [0.717, 1.165) is 23.2 Å². The standard InChI is InChI=1S/C26H28N2O/c29-26(25-15-13-24(14-16-25)19-27-17-7-8-18-27)28(20-22-9-3-1-4-10-22)21-23-11-5-2-6-12-23/h1-6,9-16H,7-8,17-21H2. The van der Waals surface area contributed by atoms with Crippen LogP contribution in [0.25, 0.3) is 0 Å². The topological polar surface area (TPSA) is 23.6 Å². The maximum absolute atomic E-state index is 13.3. The highest BCUT2D eigenvalue weighted by molar-refractivity contribution is 5.94. The van der Waals surface area contributed by atoms with Crippen LogP contribution in [0.3, 0.4) is 0 Å². The number of nitrogens with zero attached hydrogens (tertiary/aromatic N) is 2. The zero-order chi connectivity index (χ0) is 19.9. The van der Waals surface area contributed by atoms with E-state index < -0.39 is 0 Å². The molecule has 1 heterocycles. The van der Waals surface area contributed by atoms with Gasteiger partial charge in [-0.3, -0.25) is 9.69 Å². The SMILES string of the molecule is O=C(c1ccc(CN2CCCC2)cc1)N(Cc1ccccc1)Cc1ccccc1. The summed E-state index contributed by atoms with van der Waals surface area (Å²) in [6.45, 7) is 4.55. The Morgan fingerprint density at radius 3 is 1.72 bits per heavy atom. The van der Waals surface area contributed by atoms with E-state index in [2.05, 4.69) is 41.3 Å². The normalized spacial score (nSPS) is 14.1. The first-order chi connectivity index (χ1) is 14.3. The summed E-state index contributed by atoms with van der Waals surface area (Å²) in [6.07, 6.45) is 2.59. The number of amides is 1. The van der Waals surface area contributed by atoms with E-state index in [1.165, 1.54) is 31.5 Å². The third kappa shape index (κ3) is 5.33. The van der Waals surface area contributed by atoms with E-state index in [-0.39, 0.29) is 5.91 Å². The molecule has 148 valence electrons. The molecule has 0 aliphatic carbocycles. The summed E-state index contributed by atoms with van der Waals surface area (Å²) >= 11 is 0. The smallest absolute Gasteiger partial charge is 0.254 e. The van der Waals surface area contributed by atoms with Gasteiger partial charge in [-0.15, -0.1) is 0 Å². The Balaban J connectivity index is 1.50. The summed E-state index contributed by atoms with van der Waals surface area (Å²) in [5, 5.41) is 0. The number of hydrogen-bond donors (Lipinski definition) is 0. The Morgan fingerprint density at radius 1 is 0.690 bits per heavy atom. The molecule has 3 aromatic carbocycles. The van der Waals surface area contributed by atoms with Crippen LogP contribution in [-0.4, -0.2) is 28.8 Å². The monoisotopic (exact) mass is 384 g/mol. The van der Waals surface area contributed by atoms with Gasteiger partial charge in [0.05, 0.1) is 0 Å². The van der Waals surface area contributed by atoms with Crippen molar-refractivity contribution in [2.24, 2.45) is 0 Å². The highest BCUT2D eigenvalue weighted by Gasteiger charge is 2.17. The van der Waals surface area contributed by atoms with E-state index >= 15 is 0 Å². The van der Waals surface area contributed by atoms with Gasteiger partial charge < -0.3 is 4.90 Å². The summed E-state index contributed by atoms with van der Waals surface area (Å²) in [4.78, 5) is 17.7. The van der Waals surface area contributed by atoms with Gasteiger partial charge >= 0.3 is 0 Å². The third-order valence-electron chi connectivity index (χ3n) is 5.53. The molecule has 0 bridgehead atoms. The zero-order valence-corrected chi connectivity index (χ0v) is 16.8. The number of likely N-dealkylation sites (tertiary alicyclic amines) is 1. The van der Waals surface area contributed by atoms with Gasteiger partial charge in [0, 0.05) is 25.2 Å². The fourth-order valence-electron chi connectivity index (χ4n) is 3.94. The van der Waals surface area contributed by atoms with Crippen LogP contribution in [0.4, 0.5) is 0 Å². The molecule has 0 saturated carbocycles. The zero-order valence-electron chi connectivity index (χ0n) is 16.8. The van der Waals surface area contributed by atoms with E-state index in [4.69, 9.17) is 0 Å². The maximum atomic E-state index is 13.3. The van der Waals surface area contributed by atoms with Crippen molar-refractivity contribution < 1.29 is 4.79 Å². The fraction of sp³-hybridized carbons (Fsp3) is 0.269. The Hall–Kier alpha value is -2.91. The minimum Gasteiger partial charge on any atom is -0.330 e. The molecule has 3 nitrogen and oxygen atoms in total. The van der Waals surface area contributed by atoms with Crippen LogP contribution in [-0.2, 0) is 19.6 Å². The summed E-state index contributed by atoms with van der Waals surface area (Å²) < 4.78 is 0. The Morgan fingerprint density at radius 2 is 1.21 bits per heavy atom. The first-order valence-electron chi connectivity index (χ1n) is 10.5. The van der Waals surface area contributed by atoms with Crippen molar-refractivity contribution >= 4 is 5.91 Å². The average molecular weight is 385 g/mol. The Labute approximate surface area is 173 Å². The van der Waals surface area contributed by atoms with Gasteiger partial charge in [0.25, 0.3) is 5.91 Å². The van der Waals surface area contributed by atoms with Crippen LogP contribution in [0.1, 0.15) is 39.9 Å². The second kappa shape index (κ2) is 9.53. The lowest BCUT2D eigenvalue weighted by Crippen LogP contribution is -2.30. The first-order valence-corrected chi connectivity index (χ1v) is 10.5. The molecule has 1 amide bonds. The number of rotatable bonds is 7. The molecule has 0 atom stereocenters. The van der Waals surface area contributed by atoms with Crippen molar-refractivity contribution in [2.75, 3.05) is 13.1 Å². The van der Waals surface area contributed by atoms with Gasteiger partial charge in [-0.2, -0.15) is 0 Å². The average Bonchev–Trinajstić information content (AvgIpc) is 3.28. The molecule has 1 fully saturated rings. The molecule has 0 unspecified atom stereocenters. The molecule has 29 heavy (non-hydrogen) atoms. The molecule has 4 rings (SSSR count). The quantitative estimate of drug-likeness (QED) is 0.564. The van der Waals surface area contributed by atoms with Crippen molar-refractivity contribution in [1.82, 2.24) is 9.80 Å².